The number of unbranched alkanes of at least 4 members (excludes halogenated alkanes) is 3. The van der Waals surface area contributed by atoms with Gasteiger partial charge >= 0.3 is 5.97 Å². The standard InChI is InChI=1S/C24H22Br3NO4/c1-14(2)19(29)7-5-3-4-6-10-32-20-9-8-16(24(30)31)21(23(20)27)22-17(25)11-15(13-28)12-18(22)26/h8-9,11-12H,1,3-7,10H2,2H3,(H,30,31). The number of carbonyl (C=O) groups is 2. The highest BCUT2D eigenvalue weighted by atomic mass is 79.9. The van der Waals surface area contributed by atoms with Gasteiger partial charge in [-0.2, -0.15) is 5.26 Å². The molecule has 0 aromatic heterocycles. The number of nitrogens with zero attached hydrogens (tertiary/aromatic N) is 1. The van der Waals surface area contributed by atoms with Gasteiger partial charge in [-0.15, -0.1) is 0 Å². The van der Waals surface area contributed by atoms with E-state index in [1.807, 2.05) is 0 Å². The number of ether oxygens (including phenoxy) is 1. The van der Waals surface area contributed by atoms with Gasteiger partial charge < -0.3 is 9.84 Å². The van der Waals surface area contributed by atoms with Crippen molar-refractivity contribution in [3.8, 4) is 22.9 Å². The third kappa shape index (κ3) is 6.77. The van der Waals surface area contributed by atoms with Crippen LogP contribution in [0, 0.1) is 11.3 Å². The SMILES string of the molecule is C=C(C)C(=O)CCCCCCOc1ccc(C(=O)O)c(-c2c(Br)cc(C#N)cc2Br)c1Br. The first kappa shape index (κ1) is 26.3. The number of carboxylic acids is 1. The molecule has 1 N–H and O–H groups in total. The number of halogens is 3. The number of allylic oxidation sites excluding steroid dienone is 1. The molecule has 0 saturated carbocycles. The van der Waals surface area contributed by atoms with Crippen LogP contribution in [0.3, 0.4) is 0 Å². The Bertz CT molecular complexity index is 1070. The van der Waals surface area contributed by atoms with Crippen molar-refractivity contribution in [2.24, 2.45) is 0 Å². The van der Waals surface area contributed by atoms with E-state index < -0.39 is 5.97 Å². The molecule has 0 aliphatic rings. The van der Waals surface area contributed by atoms with E-state index >= 15 is 0 Å². The van der Waals surface area contributed by atoms with Crippen LogP contribution >= 0.6 is 47.8 Å². The van der Waals surface area contributed by atoms with Crippen LogP contribution in [0.4, 0.5) is 0 Å². The van der Waals surface area contributed by atoms with E-state index in [4.69, 9.17) is 4.74 Å². The highest BCUT2D eigenvalue weighted by Crippen LogP contribution is 2.45. The molecule has 168 valence electrons. The molecule has 0 radical (unpaired) electrons. The Morgan fingerprint density at radius 2 is 1.69 bits per heavy atom. The fourth-order valence-corrected chi connectivity index (χ4v) is 5.35. The molecule has 0 saturated heterocycles. The van der Waals surface area contributed by atoms with Crippen LogP contribution in [-0.4, -0.2) is 23.5 Å². The van der Waals surface area contributed by atoms with Crippen molar-refractivity contribution in [3.05, 3.63) is 61.0 Å². The van der Waals surface area contributed by atoms with Crippen molar-refractivity contribution in [1.29, 1.82) is 5.26 Å². The maximum Gasteiger partial charge on any atom is 0.336 e. The Labute approximate surface area is 212 Å². The largest absolute Gasteiger partial charge is 0.492 e. The fourth-order valence-electron chi connectivity index (χ4n) is 3.10. The monoisotopic (exact) mass is 625 g/mol. The van der Waals surface area contributed by atoms with Crippen molar-refractivity contribution in [1.82, 2.24) is 0 Å². The second kappa shape index (κ2) is 12.3. The van der Waals surface area contributed by atoms with E-state index in [9.17, 15) is 20.0 Å². The molecule has 0 spiro atoms. The van der Waals surface area contributed by atoms with Crippen LogP contribution in [0.5, 0.6) is 5.75 Å². The van der Waals surface area contributed by atoms with Crippen LogP contribution < -0.4 is 4.74 Å². The highest BCUT2D eigenvalue weighted by molar-refractivity contribution is 9.11. The lowest BCUT2D eigenvalue weighted by Crippen LogP contribution is -2.04. The highest BCUT2D eigenvalue weighted by Gasteiger charge is 2.23. The lowest BCUT2D eigenvalue weighted by molar-refractivity contribution is -0.115. The van der Waals surface area contributed by atoms with Crippen molar-refractivity contribution >= 4 is 59.5 Å². The molecule has 0 atom stereocenters. The lowest BCUT2D eigenvalue weighted by atomic mass is 9.98. The Hall–Kier alpha value is -1.95. The summed E-state index contributed by atoms with van der Waals surface area (Å²) < 4.78 is 7.63. The van der Waals surface area contributed by atoms with E-state index in [0.29, 0.717) is 54.5 Å². The Morgan fingerprint density at radius 3 is 2.25 bits per heavy atom. The second-order valence-corrected chi connectivity index (χ2v) is 9.75. The molecule has 0 aliphatic carbocycles. The molecular formula is C24H22Br3NO4. The van der Waals surface area contributed by atoms with Crippen molar-refractivity contribution in [2.45, 2.75) is 39.0 Å². The topological polar surface area (TPSA) is 87.4 Å². The van der Waals surface area contributed by atoms with Crippen LogP contribution in [0.25, 0.3) is 11.1 Å². The number of benzene rings is 2. The maximum atomic E-state index is 11.9. The van der Waals surface area contributed by atoms with Crippen molar-refractivity contribution < 1.29 is 19.4 Å². The summed E-state index contributed by atoms with van der Waals surface area (Å²) in [4.78, 5) is 23.4. The molecule has 0 bridgehead atoms. The van der Waals surface area contributed by atoms with E-state index in [1.165, 1.54) is 6.07 Å². The Morgan fingerprint density at radius 1 is 1.06 bits per heavy atom. The third-order valence-corrected chi connectivity index (χ3v) is 6.83. The number of nitriles is 1. The first-order chi connectivity index (χ1) is 15.2. The van der Waals surface area contributed by atoms with Crippen LogP contribution in [0.15, 0.2) is 49.8 Å². The first-order valence-electron chi connectivity index (χ1n) is 9.94. The molecule has 5 nitrogen and oxygen atoms in total. The molecule has 0 fully saturated rings. The van der Waals surface area contributed by atoms with Gasteiger partial charge in [0.1, 0.15) is 5.75 Å². The minimum Gasteiger partial charge on any atom is -0.492 e. The van der Waals surface area contributed by atoms with Crippen LogP contribution in [0.2, 0.25) is 0 Å². The summed E-state index contributed by atoms with van der Waals surface area (Å²) in [5.74, 6) is -0.429. The van der Waals surface area contributed by atoms with E-state index in [1.54, 1.807) is 25.1 Å². The third-order valence-electron chi connectivity index (χ3n) is 4.79. The van der Waals surface area contributed by atoms with Gasteiger partial charge in [-0.1, -0.05) is 51.3 Å². The quantitative estimate of drug-likeness (QED) is 0.204. The number of rotatable bonds is 11. The Kier molecular flexibility index (Phi) is 10.1. The molecule has 8 heteroatoms. The van der Waals surface area contributed by atoms with Gasteiger partial charge in [-0.25, -0.2) is 4.79 Å². The van der Waals surface area contributed by atoms with E-state index in [-0.39, 0.29) is 11.3 Å². The number of aromatic carboxylic acids is 1. The molecule has 0 amide bonds. The van der Waals surface area contributed by atoms with Crippen LogP contribution in [0.1, 0.15) is 54.9 Å². The molecule has 2 aromatic rings. The van der Waals surface area contributed by atoms with Gasteiger partial charge in [-0.3, -0.25) is 4.79 Å². The minimum atomic E-state index is -1.07. The van der Waals surface area contributed by atoms with E-state index in [2.05, 4.69) is 60.4 Å². The van der Waals surface area contributed by atoms with Gasteiger partial charge in [0.15, 0.2) is 5.78 Å². The fraction of sp³-hybridized carbons (Fsp3) is 0.292. The Balaban J connectivity index is 2.16. The van der Waals surface area contributed by atoms with Crippen LogP contribution in [-0.2, 0) is 4.79 Å². The van der Waals surface area contributed by atoms with E-state index in [0.717, 1.165) is 25.7 Å². The predicted octanol–water partition coefficient (Wildman–Crippen LogP) is 7.69. The van der Waals surface area contributed by atoms with Gasteiger partial charge in [0.2, 0.25) is 0 Å². The van der Waals surface area contributed by atoms with Gasteiger partial charge in [0.25, 0.3) is 0 Å². The normalized spacial score (nSPS) is 10.5. The zero-order chi connectivity index (χ0) is 23.8. The summed E-state index contributed by atoms with van der Waals surface area (Å²) in [6.07, 6.45) is 4.02. The smallest absolute Gasteiger partial charge is 0.336 e. The predicted molar refractivity (Wildman–Crippen MR) is 135 cm³/mol. The van der Waals surface area contributed by atoms with Crippen molar-refractivity contribution in [3.63, 3.8) is 0 Å². The molecule has 0 aliphatic heterocycles. The molecule has 2 aromatic carbocycles. The molecule has 0 heterocycles. The summed E-state index contributed by atoms with van der Waals surface area (Å²) in [6, 6.07) is 8.51. The zero-order valence-electron chi connectivity index (χ0n) is 17.5. The molecule has 2 rings (SSSR count). The summed E-state index contributed by atoms with van der Waals surface area (Å²) in [6.45, 7) is 5.86. The summed E-state index contributed by atoms with van der Waals surface area (Å²) >= 11 is 10.4. The maximum absolute atomic E-state index is 11.9. The molecular weight excluding hydrogens is 606 g/mol. The number of ketones is 1. The minimum absolute atomic E-state index is 0.108. The zero-order valence-corrected chi connectivity index (χ0v) is 22.3. The van der Waals surface area contributed by atoms with Crippen molar-refractivity contribution in [2.75, 3.05) is 6.61 Å². The summed E-state index contributed by atoms with van der Waals surface area (Å²) in [5.41, 5.74) is 2.21. The molecule has 32 heavy (non-hydrogen) atoms. The van der Waals surface area contributed by atoms with Gasteiger partial charge in [-0.05, 0) is 65.5 Å². The van der Waals surface area contributed by atoms with Gasteiger partial charge in [0.05, 0.1) is 28.3 Å². The number of Topliss-reactive ketones (excluding diaryl/α,β-unsaturated/α-hetero) is 1. The lowest BCUT2D eigenvalue weighted by Gasteiger charge is -2.17. The first-order valence-corrected chi connectivity index (χ1v) is 12.3. The van der Waals surface area contributed by atoms with Gasteiger partial charge in [0, 0.05) is 26.5 Å². The number of hydrogen-bond donors (Lipinski definition) is 1. The second-order valence-electron chi connectivity index (χ2n) is 7.25. The number of carboxylic acid groups (broad SMARTS) is 1. The number of hydrogen-bond acceptors (Lipinski definition) is 4. The average Bonchev–Trinajstić information content (AvgIpc) is 2.73. The summed E-state index contributed by atoms with van der Waals surface area (Å²) in [5, 5.41) is 18.9. The number of carbonyl (C=O) groups excluding carboxylic acids is 1. The summed E-state index contributed by atoms with van der Waals surface area (Å²) in [7, 11) is 0. The average molecular weight is 628 g/mol. The molecule has 0 unspecified atom stereocenters.